The quantitative estimate of drug-likeness (QED) is 0.444. The highest BCUT2D eigenvalue weighted by Gasteiger charge is 2.21. The second-order valence-corrected chi connectivity index (χ2v) is 9.81. The lowest BCUT2D eigenvalue weighted by molar-refractivity contribution is 0.117. The van der Waals surface area contributed by atoms with Crippen molar-refractivity contribution >= 4 is 11.9 Å². The van der Waals surface area contributed by atoms with Gasteiger partial charge in [0, 0.05) is 50.7 Å². The molecule has 1 saturated heterocycles. The van der Waals surface area contributed by atoms with Crippen LogP contribution in [0.2, 0.25) is 0 Å². The largest absolute Gasteiger partial charge is 0.384 e. The topological polar surface area (TPSA) is 45.4 Å². The van der Waals surface area contributed by atoms with E-state index in [1.54, 1.807) is 0 Å². The van der Waals surface area contributed by atoms with Crippen LogP contribution in [-0.4, -0.2) is 54.1 Å². The van der Waals surface area contributed by atoms with Crippen LogP contribution in [0.5, 0.6) is 0 Å². The molecule has 0 radical (unpaired) electrons. The average molecular weight is 455 g/mol. The zero-order chi connectivity index (χ0) is 23.8. The van der Waals surface area contributed by atoms with Crippen molar-refractivity contribution in [3.05, 3.63) is 90.0 Å². The molecule has 0 saturated carbocycles. The highest BCUT2D eigenvalue weighted by Crippen LogP contribution is 2.26. The van der Waals surface area contributed by atoms with Crippen molar-refractivity contribution in [2.45, 2.75) is 26.2 Å². The van der Waals surface area contributed by atoms with E-state index in [0.29, 0.717) is 11.7 Å². The molecule has 2 heterocycles. The summed E-state index contributed by atoms with van der Waals surface area (Å²) in [5, 5.41) is 0. The summed E-state index contributed by atoms with van der Waals surface area (Å²) in [5.41, 5.74) is 10.6. The first kappa shape index (κ1) is 24.2. The van der Waals surface area contributed by atoms with Gasteiger partial charge in [-0.1, -0.05) is 86.7 Å². The highest BCUT2D eigenvalue weighted by molar-refractivity contribution is 5.61. The van der Waals surface area contributed by atoms with Crippen LogP contribution in [0.1, 0.15) is 37.3 Å². The monoisotopic (exact) mass is 454 g/mol. The maximum Gasteiger partial charge on any atom is 0.124 e. The van der Waals surface area contributed by atoms with E-state index in [9.17, 15) is 0 Å². The molecule has 0 bridgehead atoms. The number of benzene rings is 2. The molecule has 2 aromatic carbocycles. The Morgan fingerprint density at radius 1 is 0.824 bits per heavy atom. The first-order valence-electron chi connectivity index (χ1n) is 12.6. The molecule has 1 atom stereocenters. The Kier molecular flexibility index (Phi) is 8.51. The summed E-state index contributed by atoms with van der Waals surface area (Å²) in [6.45, 7) is 11.6. The first-order valence-corrected chi connectivity index (χ1v) is 12.6. The van der Waals surface area contributed by atoms with Crippen molar-refractivity contribution in [3.63, 3.8) is 0 Å². The van der Waals surface area contributed by atoms with E-state index in [4.69, 9.17) is 5.73 Å². The van der Waals surface area contributed by atoms with Crippen molar-refractivity contribution in [3.8, 4) is 11.3 Å². The Balaban J connectivity index is 1.46. The minimum atomic E-state index is 0.458. The third-order valence-corrected chi connectivity index (χ3v) is 6.55. The van der Waals surface area contributed by atoms with Gasteiger partial charge in [-0.15, -0.1) is 0 Å². The minimum absolute atomic E-state index is 0.458. The summed E-state index contributed by atoms with van der Waals surface area (Å²) in [6.07, 6.45) is 5.61. The van der Waals surface area contributed by atoms with Crippen LogP contribution in [0.25, 0.3) is 17.3 Å². The number of anilines is 1. The van der Waals surface area contributed by atoms with E-state index < -0.39 is 0 Å². The van der Waals surface area contributed by atoms with Gasteiger partial charge in [0.1, 0.15) is 5.82 Å². The van der Waals surface area contributed by atoms with Gasteiger partial charge in [-0.05, 0) is 35.6 Å². The molecule has 1 unspecified atom stereocenters. The molecule has 4 nitrogen and oxygen atoms in total. The van der Waals surface area contributed by atoms with Gasteiger partial charge in [-0.3, -0.25) is 0 Å². The van der Waals surface area contributed by atoms with Gasteiger partial charge in [-0.25, -0.2) is 4.98 Å². The number of allylic oxidation sites excluding steroid dienone is 1. The van der Waals surface area contributed by atoms with E-state index in [-0.39, 0.29) is 0 Å². The summed E-state index contributed by atoms with van der Waals surface area (Å²) < 4.78 is 0. The van der Waals surface area contributed by atoms with E-state index in [1.165, 1.54) is 30.8 Å². The predicted molar refractivity (Wildman–Crippen MR) is 145 cm³/mol. The molecule has 0 aliphatic carbocycles. The molecule has 34 heavy (non-hydrogen) atoms. The maximum absolute atomic E-state index is 5.89. The fourth-order valence-corrected chi connectivity index (χ4v) is 4.77. The number of nitrogen functional groups attached to an aromatic ring is 1. The summed E-state index contributed by atoms with van der Waals surface area (Å²) in [7, 11) is 0. The van der Waals surface area contributed by atoms with Gasteiger partial charge in [0.15, 0.2) is 0 Å². The molecule has 1 aliphatic rings. The second kappa shape index (κ2) is 12.0. The van der Waals surface area contributed by atoms with Crippen molar-refractivity contribution < 1.29 is 0 Å². The molecule has 4 rings (SSSR count). The molecule has 0 amide bonds. The molecular weight excluding hydrogens is 416 g/mol. The molecule has 1 fully saturated rings. The SMILES string of the molecule is CC(C)CN1CCN(CC(CC=Cc2ccccc2)c2ccc(-c3cccc(N)n3)cc2)CC1. The second-order valence-electron chi connectivity index (χ2n) is 9.81. The van der Waals surface area contributed by atoms with Crippen LogP contribution in [0.4, 0.5) is 5.82 Å². The number of hydrogen-bond donors (Lipinski definition) is 1. The highest BCUT2D eigenvalue weighted by atomic mass is 15.3. The fraction of sp³-hybridized carbons (Fsp3) is 0.367. The number of nitrogens with zero attached hydrogens (tertiary/aromatic N) is 3. The standard InChI is InChI=1S/C30H38N4/c1-24(2)22-33-18-20-34(21-19-33)23-28(11-6-10-25-8-4-3-5-9-25)26-14-16-27(17-15-26)29-12-7-13-30(31)32-29/h3-10,12-17,24,28H,11,18-23H2,1-2H3,(H2,31,32). The number of piperazine rings is 1. The number of nitrogens with two attached hydrogens (primary N) is 1. The number of aromatic nitrogens is 1. The van der Waals surface area contributed by atoms with Gasteiger partial charge in [-0.2, -0.15) is 0 Å². The lowest BCUT2D eigenvalue weighted by Gasteiger charge is -2.37. The summed E-state index contributed by atoms with van der Waals surface area (Å²) in [5.74, 6) is 1.75. The molecule has 178 valence electrons. The molecule has 3 aromatic rings. The van der Waals surface area contributed by atoms with Crippen LogP contribution in [0.15, 0.2) is 78.9 Å². The number of hydrogen-bond acceptors (Lipinski definition) is 4. The molecule has 2 N–H and O–H groups in total. The number of pyridine rings is 1. The Morgan fingerprint density at radius 3 is 2.15 bits per heavy atom. The van der Waals surface area contributed by atoms with Crippen molar-refractivity contribution in [2.24, 2.45) is 5.92 Å². The molecule has 1 aliphatic heterocycles. The lowest BCUT2D eigenvalue weighted by atomic mass is 9.93. The van der Waals surface area contributed by atoms with Crippen LogP contribution in [0.3, 0.4) is 0 Å². The van der Waals surface area contributed by atoms with Crippen molar-refractivity contribution in [1.82, 2.24) is 14.8 Å². The van der Waals surface area contributed by atoms with E-state index in [2.05, 4.69) is 95.4 Å². The van der Waals surface area contributed by atoms with Gasteiger partial charge >= 0.3 is 0 Å². The maximum atomic E-state index is 5.89. The Morgan fingerprint density at radius 2 is 1.50 bits per heavy atom. The third-order valence-electron chi connectivity index (χ3n) is 6.55. The van der Waals surface area contributed by atoms with Gasteiger partial charge in [0.25, 0.3) is 0 Å². The van der Waals surface area contributed by atoms with Gasteiger partial charge in [0.05, 0.1) is 5.69 Å². The third kappa shape index (κ3) is 7.02. The summed E-state index contributed by atoms with van der Waals surface area (Å²) in [6, 6.07) is 25.3. The van der Waals surface area contributed by atoms with Crippen molar-refractivity contribution in [1.29, 1.82) is 0 Å². The molecular formula is C30H38N4. The first-order chi connectivity index (χ1) is 16.6. The van der Waals surface area contributed by atoms with Crippen LogP contribution < -0.4 is 5.73 Å². The summed E-state index contributed by atoms with van der Waals surface area (Å²) in [4.78, 5) is 9.73. The minimum Gasteiger partial charge on any atom is -0.384 e. The fourth-order valence-electron chi connectivity index (χ4n) is 4.77. The van der Waals surface area contributed by atoms with Gasteiger partial charge in [0.2, 0.25) is 0 Å². The van der Waals surface area contributed by atoms with Crippen molar-refractivity contribution in [2.75, 3.05) is 45.0 Å². The normalized spacial score (nSPS) is 16.3. The smallest absolute Gasteiger partial charge is 0.124 e. The molecule has 0 spiro atoms. The lowest BCUT2D eigenvalue weighted by Crippen LogP contribution is -2.48. The predicted octanol–water partition coefficient (Wildman–Crippen LogP) is 5.79. The Hall–Kier alpha value is -2.95. The van der Waals surface area contributed by atoms with E-state index >= 15 is 0 Å². The Labute approximate surface area is 205 Å². The summed E-state index contributed by atoms with van der Waals surface area (Å²) >= 11 is 0. The van der Waals surface area contributed by atoms with Crippen LogP contribution >= 0.6 is 0 Å². The zero-order valence-corrected chi connectivity index (χ0v) is 20.6. The molecule has 1 aromatic heterocycles. The van der Waals surface area contributed by atoms with Gasteiger partial charge < -0.3 is 15.5 Å². The zero-order valence-electron chi connectivity index (χ0n) is 20.6. The van der Waals surface area contributed by atoms with E-state index in [1.807, 2.05) is 18.2 Å². The van der Waals surface area contributed by atoms with E-state index in [0.717, 1.165) is 43.2 Å². The van der Waals surface area contributed by atoms with Crippen LogP contribution in [-0.2, 0) is 0 Å². The average Bonchev–Trinajstić information content (AvgIpc) is 2.85. The van der Waals surface area contributed by atoms with Crippen LogP contribution in [0, 0.1) is 5.92 Å². The molecule has 4 heteroatoms. The number of rotatable bonds is 9. The Bertz CT molecular complexity index is 1030.